The first-order valence-corrected chi connectivity index (χ1v) is 7.82. The monoisotopic (exact) mass is 344 g/mol. The predicted octanol–water partition coefficient (Wildman–Crippen LogP) is 3.32. The highest BCUT2D eigenvalue weighted by molar-refractivity contribution is 7.22. The molecule has 4 rings (SSSR count). The number of aromatic nitrogens is 5. The maximum atomic E-state index is 12.3. The second-order valence-corrected chi connectivity index (χ2v) is 6.47. The second-order valence-electron chi connectivity index (χ2n) is 4.78. The third kappa shape index (κ3) is 2.69. The Kier molecular flexibility index (Phi) is 3.32. The van der Waals surface area contributed by atoms with Crippen molar-refractivity contribution in [2.45, 2.75) is 0 Å². The first-order chi connectivity index (χ1) is 11.2. The van der Waals surface area contributed by atoms with Crippen LogP contribution in [-0.2, 0) is 0 Å². The van der Waals surface area contributed by atoms with Gasteiger partial charge in [-0.25, -0.2) is 0 Å². The third-order valence-electron chi connectivity index (χ3n) is 3.27. The summed E-state index contributed by atoms with van der Waals surface area (Å²) in [5, 5.41) is 17.5. The van der Waals surface area contributed by atoms with E-state index in [0.29, 0.717) is 21.5 Å². The summed E-state index contributed by atoms with van der Waals surface area (Å²) in [5.41, 5.74) is 1.98. The van der Waals surface area contributed by atoms with E-state index in [1.807, 2.05) is 18.2 Å². The lowest BCUT2D eigenvalue weighted by molar-refractivity contribution is 0.102. The van der Waals surface area contributed by atoms with Crippen LogP contribution >= 0.6 is 22.9 Å². The van der Waals surface area contributed by atoms with Crippen molar-refractivity contribution in [2.24, 2.45) is 0 Å². The molecule has 3 heterocycles. The van der Waals surface area contributed by atoms with Gasteiger partial charge in [0.1, 0.15) is 10.5 Å². The van der Waals surface area contributed by atoms with E-state index < -0.39 is 0 Å². The predicted molar refractivity (Wildman–Crippen MR) is 88.8 cm³/mol. The van der Waals surface area contributed by atoms with Gasteiger partial charge in [0.2, 0.25) is 5.82 Å². The molecule has 0 aliphatic carbocycles. The van der Waals surface area contributed by atoms with E-state index in [9.17, 15) is 4.79 Å². The van der Waals surface area contributed by atoms with Crippen LogP contribution in [0.2, 0.25) is 4.34 Å². The Bertz CT molecular complexity index is 941. The largest absolute Gasteiger partial charge is 0.342 e. The van der Waals surface area contributed by atoms with E-state index in [-0.39, 0.29) is 5.91 Å². The smallest absolute Gasteiger partial charge is 0.272 e. The number of carbonyl (C=O) groups excluding carboxylic acids is 1. The van der Waals surface area contributed by atoms with Gasteiger partial charge in [0, 0.05) is 16.6 Å². The van der Waals surface area contributed by atoms with E-state index in [0.717, 1.165) is 15.8 Å². The Morgan fingerprint density at radius 1 is 1.22 bits per heavy atom. The van der Waals surface area contributed by atoms with Crippen molar-refractivity contribution in [3.8, 4) is 11.4 Å². The molecule has 1 amide bonds. The number of aromatic amines is 2. The number of tetrazole rings is 1. The summed E-state index contributed by atoms with van der Waals surface area (Å²) in [5.74, 6) is 0.293. The average molecular weight is 345 g/mol. The zero-order chi connectivity index (χ0) is 15.8. The Balaban J connectivity index is 1.52. The van der Waals surface area contributed by atoms with Gasteiger partial charge in [0.05, 0.1) is 4.34 Å². The zero-order valence-electron chi connectivity index (χ0n) is 11.5. The molecule has 0 unspecified atom stereocenters. The van der Waals surface area contributed by atoms with Crippen LogP contribution in [0.25, 0.3) is 21.6 Å². The van der Waals surface area contributed by atoms with Crippen LogP contribution in [0.15, 0.2) is 36.4 Å². The fraction of sp³-hybridized carbons (Fsp3) is 0. The third-order valence-corrected chi connectivity index (χ3v) is 4.47. The van der Waals surface area contributed by atoms with Gasteiger partial charge in [-0.3, -0.25) is 4.79 Å². The number of fused-ring (bicyclic) bond motifs is 1. The molecule has 0 aliphatic heterocycles. The molecule has 1 aromatic carbocycles. The van der Waals surface area contributed by atoms with Crippen molar-refractivity contribution in [1.29, 1.82) is 0 Å². The number of amides is 1. The lowest BCUT2D eigenvalue weighted by Crippen LogP contribution is -2.12. The van der Waals surface area contributed by atoms with E-state index in [4.69, 9.17) is 11.6 Å². The number of halogens is 1. The molecule has 0 atom stereocenters. The molecule has 0 bridgehead atoms. The van der Waals surface area contributed by atoms with Crippen LogP contribution < -0.4 is 5.32 Å². The summed E-state index contributed by atoms with van der Waals surface area (Å²) in [7, 11) is 0. The van der Waals surface area contributed by atoms with Crippen LogP contribution in [0.1, 0.15) is 10.5 Å². The Morgan fingerprint density at radius 2 is 2.04 bits per heavy atom. The minimum absolute atomic E-state index is 0.211. The van der Waals surface area contributed by atoms with E-state index in [1.54, 1.807) is 18.2 Å². The number of nitrogens with one attached hydrogen (secondary N) is 3. The summed E-state index contributed by atoms with van der Waals surface area (Å²) in [6.07, 6.45) is 0. The number of hydrogen-bond acceptors (Lipinski definition) is 5. The summed E-state index contributed by atoms with van der Waals surface area (Å²) >= 11 is 7.33. The quantitative estimate of drug-likeness (QED) is 0.531. The molecule has 0 saturated carbocycles. The number of rotatable bonds is 3. The summed E-state index contributed by atoms with van der Waals surface area (Å²) in [6.45, 7) is 0. The first-order valence-electron chi connectivity index (χ1n) is 6.62. The molecule has 4 aromatic rings. The SMILES string of the molecule is O=C(Nc1ccc(-c2nn[nH]n2)cc1)c1cc2cc(Cl)sc2[nH]1. The molecule has 114 valence electrons. The number of H-pyrrole nitrogens is 2. The fourth-order valence-corrected chi connectivity index (χ4v) is 3.33. The Hall–Kier alpha value is -2.71. The van der Waals surface area contributed by atoms with Crippen molar-refractivity contribution in [2.75, 3.05) is 5.32 Å². The van der Waals surface area contributed by atoms with Crippen LogP contribution in [0.5, 0.6) is 0 Å². The minimum Gasteiger partial charge on any atom is -0.342 e. The van der Waals surface area contributed by atoms with Gasteiger partial charge in [0.15, 0.2) is 0 Å². The highest BCUT2D eigenvalue weighted by Crippen LogP contribution is 2.29. The molecule has 7 nitrogen and oxygen atoms in total. The molecular formula is C14H9ClN6OS. The van der Waals surface area contributed by atoms with Gasteiger partial charge in [0.25, 0.3) is 5.91 Å². The van der Waals surface area contributed by atoms with Gasteiger partial charge in [-0.2, -0.15) is 5.21 Å². The molecule has 9 heteroatoms. The molecule has 3 N–H and O–H groups in total. The molecule has 0 saturated heterocycles. The van der Waals surface area contributed by atoms with Crippen LogP contribution in [0, 0.1) is 0 Å². The van der Waals surface area contributed by atoms with Crippen LogP contribution in [0.4, 0.5) is 5.69 Å². The number of benzene rings is 1. The number of thiophene rings is 1. The maximum Gasteiger partial charge on any atom is 0.272 e. The van der Waals surface area contributed by atoms with E-state index in [1.165, 1.54) is 11.3 Å². The van der Waals surface area contributed by atoms with Gasteiger partial charge in [-0.1, -0.05) is 11.6 Å². The van der Waals surface area contributed by atoms with Crippen molar-refractivity contribution < 1.29 is 4.79 Å². The molecule has 3 aromatic heterocycles. The number of hydrogen-bond donors (Lipinski definition) is 3. The Morgan fingerprint density at radius 3 is 2.74 bits per heavy atom. The average Bonchev–Trinajstić information content (AvgIpc) is 3.23. The maximum absolute atomic E-state index is 12.3. The minimum atomic E-state index is -0.211. The molecular weight excluding hydrogens is 336 g/mol. The van der Waals surface area contributed by atoms with Crippen molar-refractivity contribution in [1.82, 2.24) is 25.6 Å². The second kappa shape index (κ2) is 5.49. The van der Waals surface area contributed by atoms with Crippen LogP contribution in [-0.4, -0.2) is 31.5 Å². The van der Waals surface area contributed by atoms with E-state index >= 15 is 0 Å². The van der Waals surface area contributed by atoms with Crippen molar-refractivity contribution >= 4 is 44.7 Å². The van der Waals surface area contributed by atoms with Crippen molar-refractivity contribution in [3.63, 3.8) is 0 Å². The summed E-state index contributed by atoms with van der Waals surface area (Å²) in [6, 6.07) is 10.8. The summed E-state index contributed by atoms with van der Waals surface area (Å²) in [4.78, 5) is 16.2. The first kappa shape index (κ1) is 13.9. The van der Waals surface area contributed by atoms with Crippen LogP contribution in [0.3, 0.4) is 0 Å². The molecule has 0 spiro atoms. The molecule has 0 aliphatic rings. The van der Waals surface area contributed by atoms with Gasteiger partial charge >= 0.3 is 0 Å². The van der Waals surface area contributed by atoms with Gasteiger partial charge < -0.3 is 10.3 Å². The number of carbonyl (C=O) groups is 1. The number of nitrogens with zero attached hydrogens (tertiary/aromatic N) is 3. The molecule has 0 fully saturated rings. The molecule has 23 heavy (non-hydrogen) atoms. The molecule has 0 radical (unpaired) electrons. The Labute approximate surface area is 138 Å². The van der Waals surface area contributed by atoms with Gasteiger partial charge in [-0.15, -0.1) is 21.5 Å². The van der Waals surface area contributed by atoms with Crippen molar-refractivity contribution in [3.05, 3.63) is 46.4 Å². The standard InChI is InChI=1S/C14H9ClN6OS/c15-11-6-8-5-10(17-14(8)23-11)13(22)16-9-3-1-7(2-4-9)12-18-20-21-19-12/h1-6,17H,(H,16,22)(H,18,19,20,21). The highest BCUT2D eigenvalue weighted by atomic mass is 35.5. The fourth-order valence-electron chi connectivity index (χ4n) is 2.20. The van der Waals surface area contributed by atoms with Gasteiger partial charge in [-0.05, 0) is 41.6 Å². The topological polar surface area (TPSA) is 99.3 Å². The normalized spacial score (nSPS) is 11.0. The zero-order valence-corrected chi connectivity index (χ0v) is 13.1. The lowest BCUT2D eigenvalue weighted by Gasteiger charge is -2.04. The lowest BCUT2D eigenvalue weighted by atomic mass is 10.2. The number of anilines is 1. The highest BCUT2D eigenvalue weighted by Gasteiger charge is 2.12. The van der Waals surface area contributed by atoms with E-state index in [2.05, 4.69) is 30.9 Å². The summed E-state index contributed by atoms with van der Waals surface area (Å²) < 4.78 is 0.690.